The summed E-state index contributed by atoms with van der Waals surface area (Å²) in [6.45, 7) is 5.86. The van der Waals surface area contributed by atoms with Crippen LogP contribution in [-0.4, -0.2) is 47.0 Å². The number of carbonyl (C=O) groups is 3. The van der Waals surface area contributed by atoms with Gasteiger partial charge in [-0.25, -0.2) is 4.79 Å². The van der Waals surface area contributed by atoms with E-state index in [2.05, 4.69) is 10.6 Å². The summed E-state index contributed by atoms with van der Waals surface area (Å²) in [6.07, 6.45) is 0.451. The maximum atomic E-state index is 14.4. The van der Waals surface area contributed by atoms with Crippen LogP contribution >= 0.6 is 23.2 Å². The van der Waals surface area contributed by atoms with Crippen molar-refractivity contribution in [1.29, 1.82) is 0 Å². The van der Waals surface area contributed by atoms with Crippen LogP contribution in [0.2, 0.25) is 10.0 Å². The van der Waals surface area contributed by atoms with Crippen LogP contribution in [0.4, 0.5) is 4.79 Å². The third-order valence-electron chi connectivity index (χ3n) is 6.89. The molecule has 3 aromatic carbocycles. The van der Waals surface area contributed by atoms with Crippen LogP contribution < -0.4 is 10.6 Å². The molecule has 0 aromatic heterocycles. The second kappa shape index (κ2) is 13.4. The Morgan fingerprint density at radius 3 is 2.15 bits per heavy atom. The molecule has 1 aliphatic heterocycles. The number of benzene rings is 3. The maximum Gasteiger partial charge on any atom is 0.408 e. The van der Waals surface area contributed by atoms with Crippen LogP contribution in [0.1, 0.15) is 56.2 Å². The highest BCUT2D eigenvalue weighted by molar-refractivity contribution is 6.33. The Kier molecular flexibility index (Phi) is 9.94. The zero-order chi connectivity index (χ0) is 29.6. The lowest BCUT2D eigenvalue weighted by molar-refractivity contribution is -0.140. The van der Waals surface area contributed by atoms with Crippen molar-refractivity contribution in [2.45, 2.75) is 63.8 Å². The van der Waals surface area contributed by atoms with Crippen LogP contribution in [0.5, 0.6) is 0 Å². The Morgan fingerprint density at radius 1 is 0.951 bits per heavy atom. The van der Waals surface area contributed by atoms with Gasteiger partial charge in [0.1, 0.15) is 17.7 Å². The first-order valence-corrected chi connectivity index (χ1v) is 14.4. The van der Waals surface area contributed by atoms with Crippen LogP contribution in [0.15, 0.2) is 78.9 Å². The maximum absolute atomic E-state index is 14.4. The Morgan fingerprint density at radius 2 is 1.56 bits per heavy atom. The van der Waals surface area contributed by atoms with Crippen LogP contribution in [-0.2, 0) is 20.9 Å². The number of nitrogens with zero attached hydrogens (tertiary/aromatic N) is 1. The molecule has 4 rings (SSSR count). The van der Waals surface area contributed by atoms with Gasteiger partial charge in [0.05, 0.1) is 0 Å². The first-order valence-electron chi connectivity index (χ1n) is 13.6. The lowest BCUT2D eigenvalue weighted by atomic mass is 9.84. The number of carbonyl (C=O) groups excluding carboxylic acids is 3. The molecule has 0 aliphatic carbocycles. The molecular weight excluding hydrogens is 561 g/mol. The molecular formula is C32H35Cl2N3O4. The van der Waals surface area contributed by atoms with Crippen molar-refractivity contribution in [2.75, 3.05) is 6.54 Å². The first kappa shape index (κ1) is 30.4. The van der Waals surface area contributed by atoms with Crippen LogP contribution in [0.3, 0.4) is 0 Å². The zero-order valence-corrected chi connectivity index (χ0v) is 24.9. The molecule has 0 bridgehead atoms. The minimum atomic E-state index is -1.02. The van der Waals surface area contributed by atoms with Gasteiger partial charge in [0.2, 0.25) is 11.8 Å². The van der Waals surface area contributed by atoms with E-state index >= 15 is 0 Å². The second-order valence-electron chi connectivity index (χ2n) is 11.1. The monoisotopic (exact) mass is 595 g/mol. The van der Waals surface area contributed by atoms with Crippen molar-refractivity contribution in [3.8, 4) is 0 Å². The Bertz CT molecular complexity index is 1320. The molecule has 0 radical (unpaired) electrons. The number of halogens is 2. The van der Waals surface area contributed by atoms with E-state index in [0.717, 1.165) is 11.1 Å². The standard InChI is InChI=1S/C32H35Cl2N3O4/c1-32(2,3)41-31(40)36-28(27(21-11-6-4-7-12-21)22-13-8-5-9-14-22)30(39)37-18-10-15-26(37)29(38)35-20-23-19-24(33)16-17-25(23)34/h4-9,11-14,16-17,19,26-28H,10,15,18,20H2,1-3H3,(H,35,38)(H,36,40)/t26-,28+/m0/s1. The summed E-state index contributed by atoms with van der Waals surface area (Å²) in [4.78, 5) is 42.4. The molecule has 216 valence electrons. The molecule has 7 nitrogen and oxygen atoms in total. The van der Waals surface area contributed by atoms with Crippen molar-refractivity contribution in [3.63, 3.8) is 0 Å². The molecule has 1 heterocycles. The summed E-state index contributed by atoms with van der Waals surface area (Å²) in [5.74, 6) is -1.17. The van der Waals surface area contributed by atoms with Crippen molar-refractivity contribution >= 4 is 41.1 Å². The fourth-order valence-electron chi connectivity index (χ4n) is 5.08. The van der Waals surface area contributed by atoms with E-state index in [0.29, 0.717) is 35.0 Å². The van der Waals surface area contributed by atoms with E-state index in [1.165, 1.54) is 0 Å². The largest absolute Gasteiger partial charge is 0.444 e. The number of likely N-dealkylation sites (tertiary alicyclic amines) is 1. The lowest BCUT2D eigenvalue weighted by Gasteiger charge is -2.34. The highest BCUT2D eigenvalue weighted by Gasteiger charge is 2.42. The summed E-state index contributed by atoms with van der Waals surface area (Å²) in [5, 5.41) is 6.78. The van der Waals surface area contributed by atoms with Crippen LogP contribution in [0, 0.1) is 0 Å². The topological polar surface area (TPSA) is 87.7 Å². The average Bonchev–Trinajstić information content (AvgIpc) is 3.43. The van der Waals surface area contributed by atoms with Crippen molar-refractivity contribution < 1.29 is 19.1 Å². The predicted octanol–water partition coefficient (Wildman–Crippen LogP) is 6.33. The molecule has 2 atom stereocenters. The molecule has 0 unspecified atom stereocenters. The first-order chi connectivity index (χ1) is 19.5. The number of hydrogen-bond donors (Lipinski definition) is 2. The number of ether oxygens (including phenoxy) is 1. The third-order valence-corrected chi connectivity index (χ3v) is 7.49. The summed E-state index contributed by atoms with van der Waals surface area (Å²) >= 11 is 12.4. The number of rotatable bonds is 8. The molecule has 3 amide bonds. The molecule has 9 heteroatoms. The number of alkyl carbamates (subject to hydrolysis) is 1. The zero-order valence-electron chi connectivity index (χ0n) is 23.4. The fraction of sp³-hybridized carbons (Fsp3) is 0.344. The van der Waals surface area contributed by atoms with Gasteiger partial charge in [-0.15, -0.1) is 0 Å². The molecule has 1 fully saturated rings. The predicted molar refractivity (Wildman–Crippen MR) is 161 cm³/mol. The summed E-state index contributed by atoms with van der Waals surface area (Å²) in [6, 6.07) is 22.4. The summed E-state index contributed by atoms with van der Waals surface area (Å²) in [7, 11) is 0. The van der Waals surface area contributed by atoms with E-state index in [-0.39, 0.29) is 18.4 Å². The summed E-state index contributed by atoms with van der Waals surface area (Å²) < 4.78 is 5.56. The van der Waals surface area contributed by atoms with Gasteiger partial charge in [0, 0.05) is 29.1 Å². The quantitative estimate of drug-likeness (QED) is 0.319. The molecule has 0 spiro atoms. The Labute approximate surface area is 251 Å². The lowest BCUT2D eigenvalue weighted by Crippen LogP contribution is -2.56. The molecule has 41 heavy (non-hydrogen) atoms. The van der Waals surface area contributed by atoms with E-state index < -0.39 is 29.7 Å². The minimum absolute atomic E-state index is 0.174. The van der Waals surface area contributed by atoms with E-state index in [4.69, 9.17) is 27.9 Å². The smallest absolute Gasteiger partial charge is 0.408 e. The summed E-state index contributed by atoms with van der Waals surface area (Å²) in [5.41, 5.74) is 1.62. The average molecular weight is 597 g/mol. The SMILES string of the molecule is CC(C)(C)OC(=O)N[C@@H](C(=O)N1CCC[C@H]1C(=O)NCc1cc(Cl)ccc1Cl)C(c1ccccc1)c1ccccc1. The van der Waals surface area contributed by atoms with E-state index in [1.54, 1.807) is 43.9 Å². The van der Waals surface area contributed by atoms with Gasteiger partial charge in [0.15, 0.2) is 0 Å². The Hall–Kier alpha value is -3.55. The van der Waals surface area contributed by atoms with Gasteiger partial charge >= 0.3 is 6.09 Å². The van der Waals surface area contributed by atoms with Crippen molar-refractivity contribution in [2.24, 2.45) is 0 Å². The third kappa shape index (κ3) is 8.02. The number of hydrogen-bond acceptors (Lipinski definition) is 4. The number of amides is 3. The molecule has 1 saturated heterocycles. The second-order valence-corrected chi connectivity index (χ2v) is 11.9. The molecule has 2 N–H and O–H groups in total. The van der Waals surface area contributed by atoms with Gasteiger partial charge in [-0.3, -0.25) is 9.59 Å². The van der Waals surface area contributed by atoms with Gasteiger partial charge < -0.3 is 20.3 Å². The van der Waals surface area contributed by atoms with Crippen molar-refractivity contribution in [3.05, 3.63) is 106 Å². The van der Waals surface area contributed by atoms with Gasteiger partial charge in [-0.2, -0.15) is 0 Å². The van der Waals surface area contributed by atoms with E-state index in [9.17, 15) is 14.4 Å². The van der Waals surface area contributed by atoms with Gasteiger partial charge in [-0.05, 0) is 68.5 Å². The van der Waals surface area contributed by atoms with Gasteiger partial charge in [-0.1, -0.05) is 83.9 Å². The number of nitrogens with one attached hydrogen (secondary N) is 2. The van der Waals surface area contributed by atoms with E-state index in [1.807, 2.05) is 60.7 Å². The van der Waals surface area contributed by atoms with Crippen LogP contribution in [0.25, 0.3) is 0 Å². The highest BCUT2D eigenvalue weighted by atomic mass is 35.5. The minimum Gasteiger partial charge on any atom is -0.444 e. The fourth-order valence-corrected chi connectivity index (χ4v) is 5.46. The van der Waals surface area contributed by atoms with Crippen molar-refractivity contribution in [1.82, 2.24) is 15.5 Å². The normalized spacial score (nSPS) is 15.9. The molecule has 0 saturated carbocycles. The molecule has 1 aliphatic rings. The Balaban J connectivity index is 1.64. The molecule has 3 aromatic rings. The highest BCUT2D eigenvalue weighted by Crippen LogP contribution is 2.31. The van der Waals surface area contributed by atoms with Gasteiger partial charge in [0.25, 0.3) is 0 Å².